The van der Waals surface area contributed by atoms with Gasteiger partial charge in [-0.3, -0.25) is 9.59 Å². The van der Waals surface area contributed by atoms with Crippen molar-refractivity contribution in [1.82, 2.24) is 9.80 Å². The maximum atomic E-state index is 13.2. The van der Waals surface area contributed by atoms with Crippen LogP contribution in [0.2, 0.25) is 0 Å². The van der Waals surface area contributed by atoms with Gasteiger partial charge >= 0.3 is 0 Å². The fourth-order valence-corrected chi connectivity index (χ4v) is 6.68. The zero-order valence-corrected chi connectivity index (χ0v) is 26.5. The van der Waals surface area contributed by atoms with E-state index in [0.29, 0.717) is 55.2 Å². The minimum atomic E-state index is -1.33. The number of nitrogens with one attached hydrogen (secondary N) is 1. The molecule has 0 aromatic heterocycles. The Morgan fingerprint density at radius 3 is 2.17 bits per heavy atom. The summed E-state index contributed by atoms with van der Waals surface area (Å²) in [5.41, 5.74) is 4.93. The van der Waals surface area contributed by atoms with Crippen molar-refractivity contribution in [3.8, 4) is 12.3 Å². The molecule has 2 saturated heterocycles. The van der Waals surface area contributed by atoms with E-state index in [1.165, 1.54) is 25.3 Å². The number of aryl methyl sites for hydroxylation is 1. The van der Waals surface area contributed by atoms with Crippen LogP contribution in [0, 0.1) is 24.7 Å². The second-order valence-electron chi connectivity index (χ2n) is 12.4. The fraction of sp³-hybridized carbons (Fsp3) is 0.529. The van der Waals surface area contributed by atoms with Crippen LogP contribution in [0.15, 0.2) is 42.5 Å². The lowest BCUT2D eigenvalue weighted by atomic mass is 9.89. The average molecular weight is 578 g/mol. The van der Waals surface area contributed by atoms with Crippen molar-refractivity contribution in [1.29, 1.82) is 0 Å². The van der Waals surface area contributed by atoms with Gasteiger partial charge in [-0.1, -0.05) is 58.2 Å². The molecule has 0 aliphatic carbocycles. The molecule has 2 atom stereocenters. The zero-order chi connectivity index (χ0) is 30.2. The van der Waals surface area contributed by atoms with Crippen LogP contribution in [0.5, 0.6) is 0 Å². The van der Waals surface area contributed by atoms with Gasteiger partial charge in [0.1, 0.15) is 11.0 Å². The Morgan fingerprint density at radius 2 is 1.66 bits per heavy atom. The van der Waals surface area contributed by atoms with E-state index in [0.717, 1.165) is 24.0 Å². The molecule has 2 unspecified atom stereocenters. The van der Waals surface area contributed by atoms with Crippen molar-refractivity contribution < 1.29 is 13.8 Å². The van der Waals surface area contributed by atoms with Crippen LogP contribution in [-0.4, -0.2) is 57.3 Å². The van der Waals surface area contributed by atoms with Gasteiger partial charge in [-0.05, 0) is 79.3 Å². The summed E-state index contributed by atoms with van der Waals surface area (Å²) in [5.74, 6) is 3.08. The van der Waals surface area contributed by atoms with Crippen molar-refractivity contribution in [2.24, 2.45) is 5.41 Å². The Kier molecular flexibility index (Phi) is 11.6. The number of terminal acetylenes is 1. The van der Waals surface area contributed by atoms with Gasteiger partial charge in [0.15, 0.2) is 0 Å². The van der Waals surface area contributed by atoms with Gasteiger partial charge in [0.2, 0.25) is 5.91 Å². The van der Waals surface area contributed by atoms with E-state index in [2.05, 4.69) is 50.5 Å². The monoisotopic (exact) mass is 577 g/mol. The Bertz CT molecular complexity index is 1250. The number of amides is 2. The average Bonchev–Trinajstić information content (AvgIpc) is 3.45. The van der Waals surface area contributed by atoms with E-state index in [4.69, 9.17) is 6.42 Å². The first kappa shape index (κ1) is 32.4. The molecule has 6 nitrogen and oxygen atoms in total. The largest absolute Gasteiger partial charge is 0.342 e. The number of nitrogens with zero attached hydrogens (tertiary/aromatic N) is 2. The summed E-state index contributed by atoms with van der Waals surface area (Å²) in [7, 11) is -1.33. The van der Waals surface area contributed by atoms with Crippen LogP contribution in [0.25, 0.3) is 0 Å². The van der Waals surface area contributed by atoms with E-state index in [9.17, 15) is 13.8 Å². The quantitative estimate of drug-likeness (QED) is 0.397. The highest BCUT2D eigenvalue weighted by Gasteiger charge is 2.29. The molecule has 41 heavy (non-hydrogen) atoms. The minimum Gasteiger partial charge on any atom is -0.342 e. The summed E-state index contributed by atoms with van der Waals surface area (Å²) < 4.78 is 16.0. The molecule has 4 rings (SSSR count). The van der Waals surface area contributed by atoms with E-state index < -0.39 is 11.0 Å². The third-order valence-corrected chi connectivity index (χ3v) is 9.33. The first-order valence-electron chi connectivity index (χ1n) is 14.8. The van der Waals surface area contributed by atoms with Gasteiger partial charge < -0.3 is 14.5 Å². The van der Waals surface area contributed by atoms with E-state index >= 15 is 0 Å². The van der Waals surface area contributed by atoms with Crippen LogP contribution in [-0.2, 0) is 15.8 Å². The predicted molar refractivity (Wildman–Crippen MR) is 170 cm³/mol. The summed E-state index contributed by atoms with van der Waals surface area (Å²) in [6, 6.07) is 13.7. The molecule has 7 heteroatoms. The van der Waals surface area contributed by atoms with Crippen LogP contribution in [0.1, 0.15) is 99.7 Å². The van der Waals surface area contributed by atoms with Gasteiger partial charge in [-0.2, -0.15) is 0 Å². The number of likely N-dealkylation sites (tertiary alicyclic amines) is 2. The van der Waals surface area contributed by atoms with E-state index in [1.54, 1.807) is 11.0 Å². The van der Waals surface area contributed by atoms with Crippen molar-refractivity contribution in [3.05, 3.63) is 64.7 Å². The Labute approximate surface area is 249 Å². The Morgan fingerprint density at radius 1 is 1.02 bits per heavy atom. The summed E-state index contributed by atoms with van der Waals surface area (Å²) in [5, 5.41) is -0.114. The first-order chi connectivity index (χ1) is 19.4. The molecule has 1 N–H and O–H groups in total. The molecule has 2 aromatic carbocycles. The van der Waals surface area contributed by atoms with Crippen LogP contribution in [0.4, 0.5) is 5.69 Å². The van der Waals surface area contributed by atoms with Gasteiger partial charge in [0, 0.05) is 49.9 Å². The molecule has 0 saturated carbocycles. The number of rotatable bonds is 6. The van der Waals surface area contributed by atoms with Crippen molar-refractivity contribution >= 4 is 28.5 Å². The highest BCUT2D eigenvalue weighted by atomic mass is 32.2. The third kappa shape index (κ3) is 9.46. The van der Waals surface area contributed by atoms with Crippen LogP contribution < -0.4 is 4.72 Å². The molecule has 2 amide bonds. The predicted octanol–water partition coefficient (Wildman–Crippen LogP) is 6.53. The SMILES string of the molecule is C#Cc1ccc(C2CCN(C(=O)c3ccc(C)c(NS(=O)C4CCN(C(C)=O)C4)c3)CC2)cc1.CCCC(C)(C)C. The maximum Gasteiger partial charge on any atom is 0.253 e. The van der Waals surface area contributed by atoms with Gasteiger partial charge in [0.25, 0.3) is 5.91 Å². The van der Waals surface area contributed by atoms with Crippen molar-refractivity contribution in [3.63, 3.8) is 0 Å². The van der Waals surface area contributed by atoms with Gasteiger partial charge in [0.05, 0.1) is 5.25 Å². The summed E-state index contributed by atoms with van der Waals surface area (Å²) >= 11 is 0. The van der Waals surface area contributed by atoms with Gasteiger partial charge in [-0.25, -0.2) is 4.21 Å². The number of hydrogen-bond donors (Lipinski definition) is 1. The van der Waals surface area contributed by atoms with Gasteiger partial charge in [-0.15, -0.1) is 6.42 Å². The molecule has 2 aliphatic rings. The zero-order valence-electron chi connectivity index (χ0n) is 25.7. The highest BCUT2D eigenvalue weighted by Crippen LogP contribution is 2.30. The number of carbonyl (C=O) groups is 2. The molecule has 0 spiro atoms. The lowest BCUT2D eigenvalue weighted by molar-refractivity contribution is -0.127. The Balaban J connectivity index is 0.000000587. The summed E-state index contributed by atoms with van der Waals surface area (Å²) in [6.45, 7) is 15.0. The minimum absolute atomic E-state index is 0.00131. The molecule has 222 valence electrons. The number of anilines is 1. The van der Waals surface area contributed by atoms with Crippen molar-refractivity contribution in [2.45, 2.75) is 84.8 Å². The maximum absolute atomic E-state index is 13.2. The van der Waals surface area contributed by atoms with Crippen molar-refractivity contribution in [2.75, 3.05) is 30.9 Å². The number of benzene rings is 2. The smallest absolute Gasteiger partial charge is 0.253 e. The van der Waals surface area contributed by atoms with E-state index in [-0.39, 0.29) is 17.1 Å². The van der Waals surface area contributed by atoms with E-state index in [1.807, 2.05) is 36.1 Å². The number of carbonyl (C=O) groups excluding carboxylic acids is 2. The number of hydrogen-bond acceptors (Lipinski definition) is 3. The summed E-state index contributed by atoms with van der Waals surface area (Å²) in [6.07, 6.45) is 10.6. The lowest BCUT2D eigenvalue weighted by Crippen LogP contribution is -2.38. The number of piperidine rings is 1. The second kappa shape index (κ2) is 14.7. The lowest BCUT2D eigenvalue weighted by Gasteiger charge is -2.32. The molecular weight excluding hydrogens is 530 g/mol. The molecule has 2 heterocycles. The second-order valence-corrected chi connectivity index (χ2v) is 13.9. The topological polar surface area (TPSA) is 69.7 Å². The highest BCUT2D eigenvalue weighted by molar-refractivity contribution is 7.87. The molecule has 0 radical (unpaired) electrons. The first-order valence-corrected chi connectivity index (χ1v) is 16.0. The standard InChI is InChI=1S/C27H31N3O3S.C7H16/c1-4-21-6-9-22(10-7-21)23-11-14-29(15-12-23)27(32)24-8-5-19(2)26(17-24)28-34(33)25-13-16-30(18-25)20(3)31;1-5-6-7(2,3)4/h1,5-10,17,23,25,28H,11-16,18H2,2-3H3;5-6H2,1-4H3. The molecular formula is C34H47N3O3S. The van der Waals surface area contributed by atoms with Crippen LogP contribution in [0.3, 0.4) is 0 Å². The summed E-state index contributed by atoms with van der Waals surface area (Å²) in [4.78, 5) is 28.4. The Hall–Kier alpha value is -3.11. The molecule has 2 fully saturated rings. The van der Waals surface area contributed by atoms with Crippen LogP contribution >= 0.6 is 0 Å². The molecule has 2 aromatic rings. The normalized spacial score (nSPS) is 18.2. The third-order valence-electron chi connectivity index (χ3n) is 7.92. The molecule has 0 bridgehead atoms. The molecule has 2 aliphatic heterocycles. The fourth-order valence-electron chi connectivity index (χ4n) is 5.45.